The Morgan fingerprint density at radius 2 is 2.05 bits per heavy atom. The Morgan fingerprint density at radius 1 is 1.29 bits per heavy atom. The number of aromatic nitrogens is 3. The lowest BCUT2D eigenvalue weighted by Crippen LogP contribution is -2.11. The Morgan fingerprint density at radius 3 is 2.67 bits per heavy atom. The first kappa shape index (κ1) is 16.0. The zero-order valence-corrected chi connectivity index (χ0v) is 13.6. The lowest BCUT2D eigenvalue weighted by Gasteiger charge is -2.14. The minimum atomic E-state index is -0.662. The van der Waals surface area contributed by atoms with Gasteiger partial charge in [0.25, 0.3) is 0 Å². The van der Waals surface area contributed by atoms with Crippen LogP contribution in [0.15, 0.2) is 18.3 Å². The van der Waals surface area contributed by atoms with E-state index >= 15 is 0 Å². The predicted molar refractivity (Wildman–Crippen MR) is 84.6 cm³/mol. The summed E-state index contributed by atoms with van der Waals surface area (Å²) in [5.74, 6) is 0. The topological polar surface area (TPSA) is 50.9 Å². The second-order valence-electron chi connectivity index (χ2n) is 5.00. The van der Waals surface area contributed by atoms with Crippen LogP contribution in [-0.4, -0.2) is 19.9 Å². The average molecular weight is 308 g/mol. The van der Waals surface area contributed by atoms with E-state index in [1.807, 2.05) is 30.7 Å². The van der Waals surface area contributed by atoms with Gasteiger partial charge in [-0.15, -0.1) is 0 Å². The molecule has 0 bridgehead atoms. The SMILES string of the molecule is CCc1cccnc1C(O)Cc1c(Cl)c(CC)nn1CC. The van der Waals surface area contributed by atoms with Crippen molar-refractivity contribution in [3.05, 3.63) is 46.0 Å². The molecule has 21 heavy (non-hydrogen) atoms. The van der Waals surface area contributed by atoms with E-state index in [0.29, 0.717) is 11.4 Å². The largest absolute Gasteiger partial charge is 0.386 e. The number of aliphatic hydroxyl groups is 1. The molecule has 0 saturated carbocycles. The fourth-order valence-electron chi connectivity index (χ4n) is 2.54. The molecule has 0 spiro atoms. The molecule has 4 nitrogen and oxygen atoms in total. The molecule has 0 amide bonds. The summed E-state index contributed by atoms with van der Waals surface area (Å²) in [6.45, 7) is 6.86. The second-order valence-corrected chi connectivity index (χ2v) is 5.38. The van der Waals surface area contributed by atoms with E-state index in [1.54, 1.807) is 6.20 Å². The van der Waals surface area contributed by atoms with Crippen LogP contribution in [0.25, 0.3) is 0 Å². The number of hydrogen-bond acceptors (Lipinski definition) is 3. The smallest absolute Gasteiger partial charge is 0.102 e. The summed E-state index contributed by atoms with van der Waals surface area (Å²) in [6, 6.07) is 3.90. The van der Waals surface area contributed by atoms with Crippen molar-refractivity contribution in [1.82, 2.24) is 14.8 Å². The zero-order valence-electron chi connectivity index (χ0n) is 12.8. The van der Waals surface area contributed by atoms with Gasteiger partial charge in [-0.1, -0.05) is 31.5 Å². The molecule has 5 heteroatoms. The van der Waals surface area contributed by atoms with Crippen molar-refractivity contribution in [2.24, 2.45) is 0 Å². The number of aliphatic hydroxyl groups excluding tert-OH is 1. The standard InChI is InChI=1S/C16H22ClN3O/c1-4-11-8-7-9-18-16(11)14(21)10-13-15(17)12(5-2)19-20(13)6-3/h7-9,14,21H,4-6,10H2,1-3H3. The highest BCUT2D eigenvalue weighted by atomic mass is 35.5. The van der Waals surface area contributed by atoms with Gasteiger partial charge in [0.2, 0.25) is 0 Å². The molecule has 0 aliphatic carbocycles. The van der Waals surface area contributed by atoms with Crippen LogP contribution in [0.2, 0.25) is 5.02 Å². The zero-order chi connectivity index (χ0) is 15.4. The Bertz CT molecular complexity index is 610. The molecule has 0 fully saturated rings. The molecule has 2 aromatic heterocycles. The molecule has 0 saturated heterocycles. The first-order valence-electron chi connectivity index (χ1n) is 7.48. The van der Waals surface area contributed by atoms with Crippen molar-refractivity contribution in [3.63, 3.8) is 0 Å². The van der Waals surface area contributed by atoms with Gasteiger partial charge in [-0.25, -0.2) is 0 Å². The normalized spacial score (nSPS) is 12.6. The Labute approximate surface area is 130 Å². The van der Waals surface area contributed by atoms with Gasteiger partial charge in [0.05, 0.1) is 22.1 Å². The molecule has 1 unspecified atom stereocenters. The van der Waals surface area contributed by atoms with E-state index < -0.39 is 6.10 Å². The first-order chi connectivity index (χ1) is 10.1. The minimum Gasteiger partial charge on any atom is -0.386 e. The van der Waals surface area contributed by atoms with Gasteiger partial charge in [0, 0.05) is 19.2 Å². The number of pyridine rings is 1. The molecular formula is C16H22ClN3O. The molecule has 0 aliphatic rings. The molecule has 1 atom stereocenters. The lowest BCUT2D eigenvalue weighted by atomic mass is 10.0. The molecule has 0 radical (unpaired) electrons. The number of hydrogen-bond donors (Lipinski definition) is 1. The van der Waals surface area contributed by atoms with Crippen LogP contribution in [0.4, 0.5) is 0 Å². The van der Waals surface area contributed by atoms with Gasteiger partial charge in [-0.3, -0.25) is 9.67 Å². The molecule has 2 rings (SSSR count). The predicted octanol–water partition coefficient (Wildman–Crippen LogP) is 3.35. The summed E-state index contributed by atoms with van der Waals surface area (Å²) in [7, 11) is 0. The van der Waals surface area contributed by atoms with E-state index in [1.165, 1.54) is 0 Å². The lowest BCUT2D eigenvalue weighted by molar-refractivity contribution is 0.169. The second kappa shape index (κ2) is 7.05. The highest BCUT2D eigenvalue weighted by Gasteiger charge is 2.20. The highest BCUT2D eigenvalue weighted by molar-refractivity contribution is 6.31. The van der Waals surface area contributed by atoms with Crippen LogP contribution in [-0.2, 0) is 25.8 Å². The fourth-order valence-corrected chi connectivity index (χ4v) is 2.89. The van der Waals surface area contributed by atoms with Crippen LogP contribution < -0.4 is 0 Å². The highest BCUT2D eigenvalue weighted by Crippen LogP contribution is 2.27. The monoisotopic (exact) mass is 307 g/mol. The Kier molecular flexibility index (Phi) is 5.37. The fraction of sp³-hybridized carbons (Fsp3) is 0.500. The molecular weight excluding hydrogens is 286 g/mol. The molecule has 1 N–H and O–H groups in total. The van der Waals surface area contributed by atoms with Crippen molar-refractivity contribution < 1.29 is 5.11 Å². The van der Waals surface area contributed by atoms with Crippen LogP contribution in [0.3, 0.4) is 0 Å². The van der Waals surface area contributed by atoms with Crippen molar-refractivity contribution >= 4 is 11.6 Å². The maximum atomic E-state index is 10.6. The van der Waals surface area contributed by atoms with Gasteiger partial charge in [-0.2, -0.15) is 5.10 Å². The van der Waals surface area contributed by atoms with Gasteiger partial charge in [0.15, 0.2) is 0 Å². The maximum absolute atomic E-state index is 10.6. The van der Waals surface area contributed by atoms with Crippen molar-refractivity contribution in [2.45, 2.75) is 52.7 Å². The summed E-state index contributed by atoms with van der Waals surface area (Å²) >= 11 is 6.40. The van der Waals surface area contributed by atoms with E-state index in [2.05, 4.69) is 17.0 Å². The molecule has 2 aromatic rings. The summed E-state index contributed by atoms with van der Waals surface area (Å²) in [5.41, 5.74) is 3.58. The van der Waals surface area contributed by atoms with Gasteiger partial charge < -0.3 is 5.11 Å². The summed E-state index contributed by atoms with van der Waals surface area (Å²) in [5, 5.41) is 15.7. The summed E-state index contributed by atoms with van der Waals surface area (Å²) < 4.78 is 1.87. The Hall–Kier alpha value is -1.39. The van der Waals surface area contributed by atoms with E-state index in [-0.39, 0.29) is 0 Å². The number of nitrogens with zero attached hydrogens (tertiary/aromatic N) is 3. The van der Waals surface area contributed by atoms with Crippen molar-refractivity contribution in [3.8, 4) is 0 Å². The third-order valence-electron chi connectivity index (χ3n) is 3.70. The van der Waals surface area contributed by atoms with Crippen LogP contribution in [0.5, 0.6) is 0 Å². The van der Waals surface area contributed by atoms with Gasteiger partial charge >= 0.3 is 0 Å². The molecule has 2 heterocycles. The van der Waals surface area contributed by atoms with Gasteiger partial charge in [0.1, 0.15) is 6.10 Å². The third kappa shape index (κ3) is 3.27. The Balaban J connectivity index is 2.31. The first-order valence-corrected chi connectivity index (χ1v) is 7.85. The average Bonchev–Trinajstić information content (AvgIpc) is 2.83. The third-order valence-corrected chi connectivity index (χ3v) is 4.14. The van der Waals surface area contributed by atoms with Crippen molar-refractivity contribution in [2.75, 3.05) is 0 Å². The molecule has 0 aromatic carbocycles. The summed E-state index contributed by atoms with van der Waals surface area (Å²) in [4.78, 5) is 4.33. The number of halogens is 1. The van der Waals surface area contributed by atoms with E-state index in [9.17, 15) is 5.11 Å². The van der Waals surface area contributed by atoms with E-state index in [4.69, 9.17) is 11.6 Å². The van der Waals surface area contributed by atoms with Crippen molar-refractivity contribution in [1.29, 1.82) is 0 Å². The minimum absolute atomic E-state index is 0.434. The van der Waals surface area contributed by atoms with Gasteiger partial charge in [-0.05, 0) is 31.4 Å². The summed E-state index contributed by atoms with van der Waals surface area (Å²) in [6.07, 6.45) is 3.13. The number of rotatable bonds is 6. The van der Waals surface area contributed by atoms with Crippen LogP contribution in [0.1, 0.15) is 49.5 Å². The van der Waals surface area contributed by atoms with Crippen LogP contribution >= 0.6 is 11.6 Å². The quantitative estimate of drug-likeness (QED) is 0.890. The maximum Gasteiger partial charge on any atom is 0.102 e. The molecule has 0 aliphatic heterocycles. The van der Waals surface area contributed by atoms with E-state index in [0.717, 1.165) is 42.0 Å². The van der Waals surface area contributed by atoms with Crippen LogP contribution in [0, 0.1) is 0 Å². The molecule has 114 valence electrons. The number of aryl methyl sites for hydroxylation is 3.